The standard InChI is InChI=1S/C19H17BrCl2N2O3/c20-14-2-5-16(6-3-14)24-10-12(7-18(25)26)9-23(19(24)27)11-13-1-4-15(21)8-17(13)22/h1-6,8,12H,7,9-11H2,(H,25,26). The number of rotatable bonds is 5. The van der Waals surface area contributed by atoms with Gasteiger partial charge in [-0.15, -0.1) is 0 Å². The molecule has 8 heteroatoms. The first kappa shape index (κ1) is 20.0. The number of anilines is 1. The van der Waals surface area contributed by atoms with E-state index >= 15 is 0 Å². The van der Waals surface area contributed by atoms with E-state index in [1.54, 1.807) is 28.0 Å². The first-order valence-electron chi connectivity index (χ1n) is 8.31. The fourth-order valence-electron chi connectivity index (χ4n) is 3.16. The summed E-state index contributed by atoms with van der Waals surface area (Å²) in [7, 11) is 0. The van der Waals surface area contributed by atoms with Crippen LogP contribution in [0.2, 0.25) is 10.0 Å². The summed E-state index contributed by atoms with van der Waals surface area (Å²) in [5.41, 5.74) is 1.49. The normalized spacial score (nSPS) is 17.3. The third kappa shape index (κ3) is 4.94. The van der Waals surface area contributed by atoms with Crippen molar-refractivity contribution in [3.8, 4) is 0 Å². The molecule has 0 saturated carbocycles. The molecule has 2 amide bonds. The van der Waals surface area contributed by atoms with Gasteiger partial charge in [0.15, 0.2) is 0 Å². The molecular weight excluding hydrogens is 455 g/mol. The van der Waals surface area contributed by atoms with Gasteiger partial charge in [-0.05, 0) is 42.0 Å². The zero-order valence-corrected chi connectivity index (χ0v) is 17.3. The number of benzene rings is 2. The number of carboxylic acids is 1. The Morgan fingerprint density at radius 3 is 2.48 bits per heavy atom. The molecule has 1 aliphatic heterocycles. The molecule has 3 rings (SSSR count). The van der Waals surface area contributed by atoms with Gasteiger partial charge in [0, 0.05) is 45.8 Å². The maximum Gasteiger partial charge on any atom is 0.324 e. The van der Waals surface area contributed by atoms with Crippen molar-refractivity contribution in [1.29, 1.82) is 0 Å². The van der Waals surface area contributed by atoms with Crippen LogP contribution in [-0.4, -0.2) is 35.1 Å². The summed E-state index contributed by atoms with van der Waals surface area (Å²) < 4.78 is 0.905. The molecule has 0 radical (unpaired) electrons. The summed E-state index contributed by atoms with van der Waals surface area (Å²) in [6, 6.07) is 12.3. The van der Waals surface area contributed by atoms with Crippen molar-refractivity contribution >= 4 is 56.8 Å². The molecule has 142 valence electrons. The molecule has 2 aromatic carbocycles. The lowest BCUT2D eigenvalue weighted by Crippen LogP contribution is -2.53. The summed E-state index contributed by atoms with van der Waals surface area (Å²) in [6.45, 7) is 1.01. The average molecular weight is 472 g/mol. The predicted octanol–water partition coefficient (Wildman–Crippen LogP) is 5.29. The number of carbonyl (C=O) groups excluding carboxylic acids is 1. The highest BCUT2D eigenvalue weighted by molar-refractivity contribution is 9.10. The van der Waals surface area contributed by atoms with Crippen molar-refractivity contribution in [3.63, 3.8) is 0 Å². The third-order valence-electron chi connectivity index (χ3n) is 4.40. The van der Waals surface area contributed by atoms with Crippen LogP contribution in [0, 0.1) is 5.92 Å². The molecule has 0 aromatic heterocycles. The fourth-order valence-corrected chi connectivity index (χ4v) is 3.89. The Labute approximate surface area is 175 Å². The Morgan fingerprint density at radius 2 is 1.85 bits per heavy atom. The number of hydrogen-bond acceptors (Lipinski definition) is 2. The molecule has 0 aliphatic carbocycles. The highest BCUT2D eigenvalue weighted by Gasteiger charge is 2.34. The van der Waals surface area contributed by atoms with Gasteiger partial charge in [-0.1, -0.05) is 45.2 Å². The molecule has 1 heterocycles. The first-order valence-corrected chi connectivity index (χ1v) is 9.86. The highest BCUT2D eigenvalue weighted by atomic mass is 79.9. The van der Waals surface area contributed by atoms with Crippen molar-refractivity contribution in [2.75, 3.05) is 18.0 Å². The van der Waals surface area contributed by atoms with Crippen molar-refractivity contribution in [2.24, 2.45) is 5.92 Å². The minimum absolute atomic E-state index is 0.00877. The van der Waals surface area contributed by atoms with E-state index in [4.69, 9.17) is 23.2 Å². The molecule has 1 unspecified atom stereocenters. The van der Waals surface area contributed by atoms with Crippen LogP contribution >= 0.6 is 39.1 Å². The van der Waals surface area contributed by atoms with Crippen molar-refractivity contribution < 1.29 is 14.7 Å². The Kier molecular flexibility index (Phi) is 6.29. The molecule has 27 heavy (non-hydrogen) atoms. The Bertz CT molecular complexity index is 861. The fraction of sp³-hybridized carbons (Fsp3) is 0.263. The van der Waals surface area contributed by atoms with Gasteiger partial charge in [-0.3, -0.25) is 9.69 Å². The van der Waals surface area contributed by atoms with Gasteiger partial charge in [0.25, 0.3) is 0 Å². The molecule has 5 nitrogen and oxygen atoms in total. The van der Waals surface area contributed by atoms with Crippen LogP contribution in [0.15, 0.2) is 46.9 Å². The van der Waals surface area contributed by atoms with Gasteiger partial charge in [0.1, 0.15) is 0 Å². The van der Waals surface area contributed by atoms with Crippen molar-refractivity contribution in [1.82, 2.24) is 4.90 Å². The molecule has 1 atom stereocenters. The van der Waals surface area contributed by atoms with Gasteiger partial charge in [0.2, 0.25) is 0 Å². The number of halogens is 3. The maximum absolute atomic E-state index is 13.0. The molecule has 1 aliphatic rings. The van der Waals surface area contributed by atoms with E-state index in [1.807, 2.05) is 24.3 Å². The Hall–Kier alpha value is -1.76. The largest absolute Gasteiger partial charge is 0.481 e. The number of carbonyl (C=O) groups is 2. The summed E-state index contributed by atoms with van der Waals surface area (Å²) in [5, 5.41) is 10.2. The van der Waals surface area contributed by atoms with Crippen LogP contribution in [0.1, 0.15) is 12.0 Å². The number of hydrogen-bond donors (Lipinski definition) is 1. The average Bonchev–Trinajstić information content (AvgIpc) is 2.60. The van der Waals surface area contributed by atoms with Crippen molar-refractivity contribution in [2.45, 2.75) is 13.0 Å². The minimum atomic E-state index is -0.880. The zero-order valence-electron chi connectivity index (χ0n) is 14.2. The van der Waals surface area contributed by atoms with Crippen LogP contribution in [0.4, 0.5) is 10.5 Å². The van der Waals surface area contributed by atoms with E-state index < -0.39 is 5.97 Å². The number of nitrogens with zero attached hydrogens (tertiary/aromatic N) is 2. The highest BCUT2D eigenvalue weighted by Crippen LogP contribution is 2.28. The third-order valence-corrected chi connectivity index (χ3v) is 5.51. The summed E-state index contributed by atoms with van der Waals surface area (Å²) in [6.07, 6.45) is -0.00877. The van der Waals surface area contributed by atoms with Gasteiger partial charge in [-0.25, -0.2) is 4.79 Å². The lowest BCUT2D eigenvalue weighted by Gasteiger charge is -2.40. The second-order valence-electron chi connectivity index (χ2n) is 6.45. The number of amides is 2. The van der Waals surface area contributed by atoms with E-state index in [2.05, 4.69) is 15.9 Å². The molecule has 1 saturated heterocycles. The molecular formula is C19H17BrCl2N2O3. The van der Waals surface area contributed by atoms with Gasteiger partial charge >= 0.3 is 12.0 Å². The van der Waals surface area contributed by atoms with E-state index in [0.29, 0.717) is 23.1 Å². The van der Waals surface area contributed by atoms with Gasteiger partial charge in [0.05, 0.1) is 6.42 Å². The van der Waals surface area contributed by atoms with Crippen molar-refractivity contribution in [3.05, 3.63) is 62.5 Å². The summed E-state index contributed by atoms with van der Waals surface area (Å²) in [5.74, 6) is -1.07. The zero-order chi connectivity index (χ0) is 19.6. The van der Waals surface area contributed by atoms with E-state index in [-0.39, 0.29) is 24.9 Å². The van der Waals surface area contributed by atoms with Gasteiger partial charge < -0.3 is 10.0 Å². The maximum atomic E-state index is 13.0. The predicted molar refractivity (Wildman–Crippen MR) is 109 cm³/mol. The quantitative estimate of drug-likeness (QED) is 0.644. The second-order valence-corrected chi connectivity index (χ2v) is 8.21. The minimum Gasteiger partial charge on any atom is -0.481 e. The van der Waals surface area contributed by atoms with E-state index in [0.717, 1.165) is 15.7 Å². The summed E-state index contributed by atoms with van der Waals surface area (Å²) in [4.78, 5) is 27.5. The SMILES string of the molecule is O=C(O)CC1CN(Cc2ccc(Cl)cc2Cl)C(=O)N(c2ccc(Br)cc2)C1. The lowest BCUT2D eigenvalue weighted by molar-refractivity contribution is -0.138. The Morgan fingerprint density at radius 1 is 1.15 bits per heavy atom. The van der Waals surface area contributed by atoms with Crippen LogP contribution in [0.5, 0.6) is 0 Å². The monoisotopic (exact) mass is 470 g/mol. The smallest absolute Gasteiger partial charge is 0.324 e. The van der Waals surface area contributed by atoms with Crippen LogP contribution < -0.4 is 4.90 Å². The molecule has 1 fully saturated rings. The molecule has 0 spiro atoms. The first-order chi connectivity index (χ1) is 12.8. The second kappa shape index (κ2) is 8.50. The van der Waals surface area contributed by atoms with E-state index in [9.17, 15) is 14.7 Å². The van der Waals surface area contributed by atoms with Gasteiger partial charge in [-0.2, -0.15) is 0 Å². The van der Waals surface area contributed by atoms with Crippen LogP contribution in [0.25, 0.3) is 0 Å². The van der Waals surface area contributed by atoms with Crippen LogP contribution in [0.3, 0.4) is 0 Å². The number of urea groups is 1. The molecule has 2 aromatic rings. The Balaban J connectivity index is 1.87. The molecule has 1 N–H and O–H groups in total. The number of aliphatic carboxylic acids is 1. The summed E-state index contributed by atoms with van der Waals surface area (Å²) >= 11 is 15.6. The number of carboxylic acid groups (broad SMARTS) is 1. The van der Waals surface area contributed by atoms with Crippen LogP contribution in [-0.2, 0) is 11.3 Å². The molecule has 0 bridgehead atoms. The van der Waals surface area contributed by atoms with E-state index in [1.165, 1.54) is 0 Å². The lowest BCUT2D eigenvalue weighted by atomic mass is 10.0. The topological polar surface area (TPSA) is 60.9 Å².